The van der Waals surface area contributed by atoms with E-state index >= 15 is 0 Å². The predicted octanol–water partition coefficient (Wildman–Crippen LogP) is -0.216. The van der Waals surface area contributed by atoms with Crippen molar-refractivity contribution in [3.05, 3.63) is 28.4 Å². The highest BCUT2D eigenvalue weighted by Gasteiger charge is 2.01. The van der Waals surface area contributed by atoms with E-state index in [-0.39, 0.29) is 5.69 Å². The van der Waals surface area contributed by atoms with Crippen LogP contribution in [0.25, 0.3) is 0 Å². The lowest BCUT2D eigenvalue weighted by Gasteiger charge is -1.89. The molecule has 0 atom stereocenters. The first-order chi connectivity index (χ1) is 4.70. The van der Waals surface area contributed by atoms with E-state index in [1.54, 1.807) is 0 Å². The molecular formula is C5H3N2O2Si. The monoisotopic (exact) mass is 151 g/mol. The molecule has 0 saturated carbocycles. The molecule has 0 saturated heterocycles. The Bertz CT molecular complexity index is 246. The van der Waals surface area contributed by atoms with Crippen LogP contribution in [-0.2, 0) is 0 Å². The lowest BCUT2D eigenvalue weighted by Crippen LogP contribution is -2.06. The zero-order valence-corrected chi connectivity index (χ0v) is 5.94. The second-order valence-corrected chi connectivity index (χ2v) is 2.17. The van der Waals surface area contributed by atoms with Gasteiger partial charge < -0.3 is 0 Å². The van der Waals surface area contributed by atoms with E-state index in [0.29, 0.717) is 5.32 Å². The topological polar surface area (TPSA) is 56.0 Å². The van der Waals surface area contributed by atoms with Gasteiger partial charge in [-0.25, -0.2) is 0 Å². The van der Waals surface area contributed by atoms with Gasteiger partial charge in [-0.1, -0.05) is 0 Å². The molecule has 1 aromatic rings. The number of nitrogens with zero attached hydrogens (tertiary/aromatic N) is 2. The first kappa shape index (κ1) is 6.88. The van der Waals surface area contributed by atoms with E-state index in [1.165, 1.54) is 18.3 Å². The standard InChI is InChI=1S/C5H3N2O2Si/c8-7(9)4-1-2-5(10)6-3-4/h1-3H. The van der Waals surface area contributed by atoms with Crippen molar-refractivity contribution in [2.24, 2.45) is 0 Å². The van der Waals surface area contributed by atoms with Gasteiger partial charge in [0.2, 0.25) is 0 Å². The predicted molar refractivity (Wildman–Crippen MR) is 36.3 cm³/mol. The summed E-state index contributed by atoms with van der Waals surface area (Å²) in [5.41, 5.74) is 0.00185. The molecule has 0 N–H and O–H groups in total. The second kappa shape index (κ2) is 2.57. The summed E-state index contributed by atoms with van der Waals surface area (Å²) in [5, 5.41) is 10.7. The summed E-state index contributed by atoms with van der Waals surface area (Å²) in [4.78, 5) is 13.2. The smallest absolute Gasteiger partial charge is 0.260 e. The van der Waals surface area contributed by atoms with Crippen molar-refractivity contribution in [3.63, 3.8) is 0 Å². The zero-order chi connectivity index (χ0) is 7.56. The van der Waals surface area contributed by atoms with Gasteiger partial charge in [0.05, 0.1) is 15.2 Å². The maximum atomic E-state index is 10.1. The fourth-order valence-electron chi connectivity index (χ4n) is 0.494. The molecule has 0 amide bonds. The third-order valence-corrected chi connectivity index (χ3v) is 1.25. The molecule has 3 radical (unpaired) electrons. The summed E-state index contributed by atoms with van der Waals surface area (Å²) in [6.07, 6.45) is 1.20. The van der Waals surface area contributed by atoms with Crippen LogP contribution < -0.4 is 5.32 Å². The molecule has 4 nitrogen and oxygen atoms in total. The molecule has 0 bridgehead atoms. The van der Waals surface area contributed by atoms with Gasteiger partial charge in [-0.15, -0.1) is 0 Å². The molecule has 10 heavy (non-hydrogen) atoms. The van der Waals surface area contributed by atoms with Gasteiger partial charge in [0.15, 0.2) is 0 Å². The number of aromatic nitrogens is 1. The third-order valence-electron chi connectivity index (χ3n) is 0.959. The van der Waals surface area contributed by atoms with Gasteiger partial charge in [0, 0.05) is 11.4 Å². The molecule has 0 spiro atoms. The van der Waals surface area contributed by atoms with Gasteiger partial charge >= 0.3 is 0 Å². The lowest BCUT2D eigenvalue weighted by atomic mass is 10.4. The van der Waals surface area contributed by atoms with Gasteiger partial charge in [-0.2, -0.15) is 0 Å². The molecule has 1 aromatic heterocycles. The Morgan fingerprint density at radius 1 is 1.60 bits per heavy atom. The SMILES string of the molecule is O=[N+]([O-])c1ccc([Si])nc1. The fraction of sp³-hybridized carbons (Fsp3) is 0. The van der Waals surface area contributed by atoms with Crippen molar-refractivity contribution in [1.29, 1.82) is 0 Å². The van der Waals surface area contributed by atoms with E-state index < -0.39 is 4.92 Å². The highest BCUT2D eigenvalue weighted by Crippen LogP contribution is 2.03. The number of hydrogen-bond donors (Lipinski definition) is 0. The Morgan fingerprint density at radius 2 is 2.30 bits per heavy atom. The van der Waals surface area contributed by atoms with Crippen LogP contribution in [0.2, 0.25) is 0 Å². The second-order valence-electron chi connectivity index (χ2n) is 1.66. The molecule has 0 fully saturated rings. The zero-order valence-electron chi connectivity index (χ0n) is 4.94. The van der Waals surface area contributed by atoms with E-state index in [0.717, 1.165) is 0 Å². The highest BCUT2D eigenvalue weighted by atomic mass is 28.1. The number of pyridine rings is 1. The minimum atomic E-state index is -0.487. The normalized spacial score (nSPS) is 9.30. The summed E-state index contributed by atoms with van der Waals surface area (Å²) in [6, 6.07) is 2.91. The number of hydrogen-bond acceptors (Lipinski definition) is 3. The van der Waals surface area contributed by atoms with E-state index in [1.807, 2.05) is 0 Å². The van der Waals surface area contributed by atoms with Crippen molar-refractivity contribution < 1.29 is 4.92 Å². The van der Waals surface area contributed by atoms with E-state index in [2.05, 4.69) is 15.2 Å². The summed E-state index contributed by atoms with van der Waals surface area (Å²) in [7, 11) is 3.11. The number of nitro groups is 1. The van der Waals surface area contributed by atoms with Crippen molar-refractivity contribution in [3.8, 4) is 0 Å². The van der Waals surface area contributed by atoms with Crippen molar-refractivity contribution in [1.82, 2.24) is 4.98 Å². The fourth-order valence-corrected chi connectivity index (χ4v) is 0.642. The molecule has 0 aliphatic rings. The average Bonchev–Trinajstić information content (AvgIpc) is 1.88. The summed E-state index contributed by atoms with van der Waals surface area (Å²) in [5.74, 6) is 0. The van der Waals surface area contributed by atoms with Crippen LogP contribution in [0, 0.1) is 10.1 Å². The van der Waals surface area contributed by atoms with Crippen molar-refractivity contribution >= 4 is 21.2 Å². The van der Waals surface area contributed by atoms with Crippen molar-refractivity contribution in [2.45, 2.75) is 0 Å². The molecule has 0 aliphatic carbocycles. The molecule has 1 rings (SSSR count). The van der Waals surface area contributed by atoms with Crippen LogP contribution in [0.15, 0.2) is 18.3 Å². The van der Waals surface area contributed by atoms with Crippen LogP contribution in [-0.4, -0.2) is 20.1 Å². The minimum absolute atomic E-state index is 0.00185. The summed E-state index contributed by atoms with van der Waals surface area (Å²) in [6.45, 7) is 0. The number of rotatable bonds is 1. The van der Waals surface area contributed by atoms with Gasteiger partial charge in [0.25, 0.3) is 5.69 Å². The Labute approximate surface area is 60.5 Å². The largest absolute Gasteiger partial charge is 0.287 e. The molecule has 0 aliphatic heterocycles. The molecule has 0 aromatic carbocycles. The lowest BCUT2D eigenvalue weighted by molar-refractivity contribution is -0.385. The van der Waals surface area contributed by atoms with Crippen LogP contribution >= 0.6 is 0 Å². The molecule has 1 heterocycles. The maximum Gasteiger partial charge on any atom is 0.287 e. The van der Waals surface area contributed by atoms with Crippen molar-refractivity contribution in [2.75, 3.05) is 0 Å². The quantitative estimate of drug-likeness (QED) is 0.317. The van der Waals surface area contributed by atoms with E-state index in [4.69, 9.17) is 0 Å². The van der Waals surface area contributed by atoms with Crippen LogP contribution in [0.1, 0.15) is 0 Å². The van der Waals surface area contributed by atoms with Crippen LogP contribution in [0.5, 0.6) is 0 Å². The molecular weight excluding hydrogens is 148 g/mol. The third kappa shape index (κ3) is 1.38. The average molecular weight is 151 g/mol. The van der Waals surface area contributed by atoms with Gasteiger partial charge in [-0.3, -0.25) is 15.1 Å². The van der Waals surface area contributed by atoms with Gasteiger partial charge in [-0.05, 0) is 6.07 Å². The summed E-state index contributed by atoms with van der Waals surface area (Å²) >= 11 is 0. The minimum Gasteiger partial charge on any atom is -0.260 e. The maximum absolute atomic E-state index is 10.1. The first-order valence-electron chi connectivity index (χ1n) is 2.52. The Kier molecular flexibility index (Phi) is 1.77. The summed E-state index contributed by atoms with van der Waals surface area (Å²) < 4.78 is 0. The molecule has 49 valence electrons. The molecule has 0 unspecified atom stereocenters. The Morgan fingerprint density at radius 3 is 2.70 bits per heavy atom. The van der Waals surface area contributed by atoms with Crippen LogP contribution in [0.3, 0.4) is 0 Å². The molecule has 5 heteroatoms. The first-order valence-corrected chi connectivity index (χ1v) is 3.02. The highest BCUT2D eigenvalue weighted by molar-refractivity contribution is 6.30. The van der Waals surface area contributed by atoms with Crippen LogP contribution in [0.4, 0.5) is 5.69 Å². The van der Waals surface area contributed by atoms with Gasteiger partial charge in [0.1, 0.15) is 6.20 Å². The van der Waals surface area contributed by atoms with E-state index in [9.17, 15) is 10.1 Å². The Hall–Kier alpha value is -1.23. The Balaban J connectivity index is 3.00.